The van der Waals surface area contributed by atoms with Crippen molar-refractivity contribution in [3.63, 3.8) is 0 Å². The topological polar surface area (TPSA) is 45.2 Å². The summed E-state index contributed by atoms with van der Waals surface area (Å²) in [6, 6.07) is 7.65. The van der Waals surface area contributed by atoms with E-state index in [-0.39, 0.29) is 17.0 Å². The third kappa shape index (κ3) is 1.98. The number of anilines is 1. The van der Waals surface area contributed by atoms with E-state index in [0.29, 0.717) is 10.5 Å². The molecule has 20 heavy (non-hydrogen) atoms. The van der Waals surface area contributed by atoms with Crippen molar-refractivity contribution < 1.29 is 13.9 Å². The fourth-order valence-electron chi connectivity index (χ4n) is 1.94. The van der Waals surface area contributed by atoms with E-state index in [9.17, 15) is 13.9 Å². The molecule has 0 amide bonds. The minimum absolute atomic E-state index is 0.102. The number of fused-ring (bicyclic) bond motifs is 1. The van der Waals surface area contributed by atoms with Gasteiger partial charge in [0.25, 0.3) is 0 Å². The molecule has 0 aliphatic heterocycles. The number of hydrogen-bond donors (Lipinski definition) is 2. The SMILES string of the molecule is CNc1ccc(-c2nc3ccc(O)cc3s2)c(F)c1F. The molecule has 3 nitrogen and oxygen atoms in total. The van der Waals surface area contributed by atoms with Crippen LogP contribution in [0.3, 0.4) is 0 Å². The smallest absolute Gasteiger partial charge is 0.182 e. The van der Waals surface area contributed by atoms with E-state index in [0.717, 1.165) is 4.70 Å². The molecule has 0 fully saturated rings. The summed E-state index contributed by atoms with van der Waals surface area (Å²) in [5, 5.41) is 12.4. The van der Waals surface area contributed by atoms with Crippen LogP contribution in [-0.2, 0) is 0 Å². The van der Waals surface area contributed by atoms with Crippen LogP contribution in [0.4, 0.5) is 14.5 Å². The first-order valence-electron chi connectivity index (χ1n) is 5.86. The van der Waals surface area contributed by atoms with Crippen LogP contribution in [0.5, 0.6) is 5.75 Å². The number of benzene rings is 2. The van der Waals surface area contributed by atoms with Crippen molar-refractivity contribution >= 4 is 27.2 Å². The van der Waals surface area contributed by atoms with Crippen LogP contribution in [0.15, 0.2) is 30.3 Å². The van der Waals surface area contributed by atoms with Crippen LogP contribution in [0.1, 0.15) is 0 Å². The van der Waals surface area contributed by atoms with Gasteiger partial charge in [0, 0.05) is 12.6 Å². The molecule has 3 aromatic rings. The summed E-state index contributed by atoms with van der Waals surface area (Å²) in [6.07, 6.45) is 0. The first kappa shape index (κ1) is 12.8. The maximum atomic E-state index is 14.0. The zero-order valence-corrected chi connectivity index (χ0v) is 11.3. The highest BCUT2D eigenvalue weighted by Gasteiger charge is 2.17. The number of rotatable bonds is 2. The summed E-state index contributed by atoms with van der Waals surface area (Å²) in [5.74, 6) is -1.74. The van der Waals surface area contributed by atoms with Gasteiger partial charge in [-0.05, 0) is 30.3 Å². The third-order valence-corrected chi connectivity index (χ3v) is 4.01. The largest absolute Gasteiger partial charge is 0.508 e. The number of thiazole rings is 1. The second kappa shape index (κ2) is 4.72. The molecule has 3 rings (SSSR count). The maximum Gasteiger partial charge on any atom is 0.182 e. The van der Waals surface area contributed by atoms with Crippen molar-refractivity contribution in [3.05, 3.63) is 42.0 Å². The molecule has 6 heteroatoms. The van der Waals surface area contributed by atoms with Crippen molar-refractivity contribution in [1.29, 1.82) is 0 Å². The first-order valence-corrected chi connectivity index (χ1v) is 6.67. The lowest BCUT2D eigenvalue weighted by atomic mass is 10.2. The van der Waals surface area contributed by atoms with E-state index in [1.54, 1.807) is 12.1 Å². The van der Waals surface area contributed by atoms with Gasteiger partial charge < -0.3 is 10.4 Å². The zero-order chi connectivity index (χ0) is 14.3. The average molecular weight is 292 g/mol. The van der Waals surface area contributed by atoms with Crippen LogP contribution < -0.4 is 5.32 Å². The minimum Gasteiger partial charge on any atom is -0.508 e. The van der Waals surface area contributed by atoms with Crippen molar-refractivity contribution in [2.75, 3.05) is 12.4 Å². The monoisotopic (exact) mass is 292 g/mol. The normalized spacial score (nSPS) is 10.9. The maximum absolute atomic E-state index is 14.0. The molecule has 0 saturated carbocycles. The van der Waals surface area contributed by atoms with Crippen LogP contribution in [0.25, 0.3) is 20.8 Å². The van der Waals surface area contributed by atoms with Gasteiger partial charge in [0.05, 0.1) is 15.9 Å². The zero-order valence-electron chi connectivity index (χ0n) is 10.4. The van der Waals surface area contributed by atoms with Crippen molar-refractivity contribution in [2.24, 2.45) is 0 Å². The number of phenolic OH excluding ortho intramolecular Hbond substituents is 1. The Hall–Kier alpha value is -2.21. The second-order valence-electron chi connectivity index (χ2n) is 4.21. The molecule has 2 N–H and O–H groups in total. The Morgan fingerprint density at radius 3 is 2.70 bits per heavy atom. The van der Waals surface area contributed by atoms with E-state index in [4.69, 9.17) is 0 Å². The number of nitrogens with one attached hydrogen (secondary N) is 1. The molecule has 1 heterocycles. The summed E-state index contributed by atoms with van der Waals surface area (Å²) in [7, 11) is 1.53. The van der Waals surface area contributed by atoms with Gasteiger partial charge in [0.15, 0.2) is 11.6 Å². The van der Waals surface area contributed by atoms with Crippen LogP contribution in [-0.4, -0.2) is 17.1 Å². The molecule has 0 bridgehead atoms. The molecular formula is C14H10F2N2OS. The highest BCUT2D eigenvalue weighted by molar-refractivity contribution is 7.21. The number of phenols is 1. The Morgan fingerprint density at radius 1 is 1.15 bits per heavy atom. The molecule has 0 aliphatic carbocycles. The molecule has 0 saturated heterocycles. The quantitative estimate of drug-likeness (QED) is 0.750. The van der Waals surface area contributed by atoms with Gasteiger partial charge in [-0.2, -0.15) is 0 Å². The van der Waals surface area contributed by atoms with Gasteiger partial charge in [-0.3, -0.25) is 0 Å². The fraction of sp³-hybridized carbons (Fsp3) is 0.0714. The minimum atomic E-state index is -0.930. The van der Waals surface area contributed by atoms with Crippen LogP contribution in [0, 0.1) is 11.6 Å². The Balaban J connectivity index is 2.18. The van der Waals surface area contributed by atoms with Gasteiger partial charge in [0.1, 0.15) is 10.8 Å². The predicted molar refractivity (Wildman–Crippen MR) is 76.2 cm³/mol. The molecule has 0 spiro atoms. The van der Waals surface area contributed by atoms with Crippen LogP contribution >= 0.6 is 11.3 Å². The first-order chi connectivity index (χ1) is 9.60. The summed E-state index contributed by atoms with van der Waals surface area (Å²) in [6.45, 7) is 0. The lowest BCUT2D eigenvalue weighted by molar-refractivity contribution is 0.476. The standard InChI is InChI=1S/C14H10F2N2OS/c1-17-10-5-3-8(12(15)13(10)16)14-18-9-4-2-7(19)6-11(9)20-14/h2-6,17,19H,1H3. The van der Waals surface area contributed by atoms with E-state index >= 15 is 0 Å². The number of nitrogens with zero attached hydrogens (tertiary/aromatic N) is 1. The number of aromatic nitrogens is 1. The summed E-state index contributed by atoms with van der Waals surface area (Å²) >= 11 is 1.20. The van der Waals surface area contributed by atoms with E-state index in [2.05, 4.69) is 10.3 Å². The summed E-state index contributed by atoms with van der Waals surface area (Å²) < 4.78 is 28.5. The lowest BCUT2D eigenvalue weighted by Gasteiger charge is -2.05. The van der Waals surface area contributed by atoms with Crippen molar-refractivity contribution in [2.45, 2.75) is 0 Å². The highest BCUT2D eigenvalue weighted by Crippen LogP contribution is 2.35. The Labute approximate surface area is 117 Å². The fourth-order valence-corrected chi connectivity index (χ4v) is 2.95. The molecule has 0 aliphatic rings. The van der Waals surface area contributed by atoms with Crippen LogP contribution in [0.2, 0.25) is 0 Å². The van der Waals surface area contributed by atoms with Gasteiger partial charge in [-0.15, -0.1) is 11.3 Å². The molecule has 0 radical (unpaired) electrons. The molecule has 0 atom stereocenters. The van der Waals surface area contributed by atoms with E-state index < -0.39 is 11.6 Å². The Bertz CT molecular complexity index is 801. The highest BCUT2D eigenvalue weighted by atomic mass is 32.1. The molecule has 2 aromatic carbocycles. The predicted octanol–water partition coefficient (Wildman–Crippen LogP) is 3.99. The number of hydrogen-bond acceptors (Lipinski definition) is 4. The Morgan fingerprint density at radius 2 is 1.95 bits per heavy atom. The summed E-state index contributed by atoms with van der Waals surface area (Å²) in [4.78, 5) is 4.26. The molecule has 1 aromatic heterocycles. The van der Waals surface area contributed by atoms with Gasteiger partial charge >= 0.3 is 0 Å². The van der Waals surface area contributed by atoms with Crippen molar-refractivity contribution in [3.8, 4) is 16.3 Å². The second-order valence-corrected chi connectivity index (χ2v) is 5.24. The van der Waals surface area contributed by atoms with E-state index in [1.807, 2.05) is 0 Å². The summed E-state index contributed by atoms with van der Waals surface area (Å²) in [5.41, 5.74) is 0.854. The molecular weight excluding hydrogens is 282 g/mol. The Kier molecular flexibility index (Phi) is 3.02. The van der Waals surface area contributed by atoms with Gasteiger partial charge in [0.2, 0.25) is 0 Å². The third-order valence-electron chi connectivity index (χ3n) is 2.95. The number of aromatic hydroxyl groups is 1. The van der Waals surface area contributed by atoms with Crippen molar-refractivity contribution in [1.82, 2.24) is 4.98 Å². The number of halogens is 2. The molecule has 102 valence electrons. The molecule has 0 unspecified atom stereocenters. The van der Waals surface area contributed by atoms with E-state index in [1.165, 1.54) is 36.6 Å². The van der Waals surface area contributed by atoms with Gasteiger partial charge in [-0.1, -0.05) is 0 Å². The lowest BCUT2D eigenvalue weighted by Crippen LogP contribution is -1.97. The van der Waals surface area contributed by atoms with Gasteiger partial charge in [-0.25, -0.2) is 13.8 Å². The average Bonchev–Trinajstić information content (AvgIpc) is 2.84.